The van der Waals surface area contributed by atoms with E-state index in [1.54, 1.807) is 27.7 Å². The van der Waals surface area contributed by atoms with Gasteiger partial charge in [0, 0.05) is 0 Å². The van der Waals surface area contributed by atoms with Crippen LogP contribution in [0.2, 0.25) is 0 Å². The quantitative estimate of drug-likeness (QED) is 0.580. The van der Waals surface area contributed by atoms with Gasteiger partial charge >= 0.3 is 5.97 Å². The van der Waals surface area contributed by atoms with Gasteiger partial charge in [-0.25, -0.2) is 4.79 Å². The summed E-state index contributed by atoms with van der Waals surface area (Å²) < 4.78 is 16.1. The van der Waals surface area contributed by atoms with Crippen molar-refractivity contribution in [3.05, 3.63) is 0 Å². The van der Waals surface area contributed by atoms with Crippen LogP contribution in [0.3, 0.4) is 0 Å². The molecule has 17 heavy (non-hydrogen) atoms. The van der Waals surface area contributed by atoms with E-state index >= 15 is 0 Å². The zero-order chi connectivity index (χ0) is 12.9. The highest BCUT2D eigenvalue weighted by Crippen LogP contribution is 2.35. The smallest absolute Gasteiger partial charge is 0.328 e. The zero-order valence-corrected chi connectivity index (χ0v) is 10.6. The Bertz CT molecular complexity index is 329. The fourth-order valence-corrected chi connectivity index (χ4v) is 2.01. The molecule has 97 valence electrons. The fraction of sp³-hybridized carbons (Fsp3) is 0.909. The van der Waals surface area contributed by atoms with Crippen molar-refractivity contribution < 1.29 is 24.2 Å². The summed E-state index contributed by atoms with van der Waals surface area (Å²) in [6, 6.07) is 0. The van der Waals surface area contributed by atoms with Crippen LogP contribution in [0.5, 0.6) is 0 Å². The lowest BCUT2D eigenvalue weighted by molar-refractivity contribution is -0.373. The highest BCUT2D eigenvalue weighted by atomic mass is 16.7. The molecule has 0 bridgehead atoms. The molecular weight excluding hydrogens is 226 g/mol. The van der Waals surface area contributed by atoms with Gasteiger partial charge in [-0.05, 0) is 27.7 Å². The lowest BCUT2D eigenvalue weighted by Gasteiger charge is -2.51. The Hall–Kier alpha value is -0.690. The molecule has 0 aromatic carbocycles. The third-order valence-corrected chi connectivity index (χ3v) is 3.29. The first-order chi connectivity index (χ1) is 7.70. The van der Waals surface area contributed by atoms with Crippen LogP contribution in [0, 0.1) is 0 Å². The number of cyclic esters (lactones) is 1. The Morgan fingerprint density at radius 1 is 1.06 bits per heavy atom. The van der Waals surface area contributed by atoms with Crippen molar-refractivity contribution in [2.45, 2.75) is 44.6 Å². The number of esters is 1. The van der Waals surface area contributed by atoms with Crippen molar-refractivity contribution in [2.75, 3.05) is 19.8 Å². The molecule has 0 saturated carbocycles. The van der Waals surface area contributed by atoms with Crippen LogP contribution in [0.15, 0.2) is 0 Å². The summed E-state index contributed by atoms with van der Waals surface area (Å²) >= 11 is 0. The van der Waals surface area contributed by atoms with Crippen LogP contribution in [-0.2, 0) is 24.2 Å². The van der Waals surface area contributed by atoms with Gasteiger partial charge in [0.15, 0.2) is 5.79 Å². The van der Waals surface area contributed by atoms with Gasteiger partial charge in [0.1, 0.15) is 17.7 Å². The van der Waals surface area contributed by atoms with Gasteiger partial charge in [0.25, 0.3) is 0 Å². The number of ether oxygens (including phenoxy) is 3. The minimum absolute atomic E-state index is 0.00877. The molecule has 2 fully saturated rings. The van der Waals surface area contributed by atoms with Crippen molar-refractivity contribution in [1.82, 2.24) is 5.06 Å². The molecule has 2 heterocycles. The van der Waals surface area contributed by atoms with Crippen LogP contribution < -0.4 is 0 Å². The predicted octanol–water partition coefficient (Wildman–Crippen LogP) is 0.491. The van der Waals surface area contributed by atoms with Crippen LogP contribution in [-0.4, -0.2) is 47.7 Å². The van der Waals surface area contributed by atoms with Crippen molar-refractivity contribution in [3.8, 4) is 0 Å². The average Bonchev–Trinajstić information content (AvgIpc) is 2.25. The van der Waals surface area contributed by atoms with E-state index in [4.69, 9.17) is 14.2 Å². The molecule has 0 amide bonds. The van der Waals surface area contributed by atoms with Gasteiger partial charge < -0.3 is 14.2 Å². The zero-order valence-electron chi connectivity index (χ0n) is 10.6. The molecule has 2 rings (SSSR count). The minimum atomic E-state index is -1.20. The monoisotopic (exact) mass is 244 g/mol. The van der Waals surface area contributed by atoms with E-state index in [0.29, 0.717) is 0 Å². The number of morpholine rings is 1. The highest BCUT2D eigenvalue weighted by Gasteiger charge is 2.57. The van der Waals surface area contributed by atoms with Gasteiger partial charge in [0.2, 0.25) is 0 Å². The van der Waals surface area contributed by atoms with E-state index in [2.05, 4.69) is 0 Å². The molecule has 0 aliphatic carbocycles. The summed E-state index contributed by atoms with van der Waals surface area (Å²) in [6.07, 6.45) is 0. The molecule has 2 aliphatic rings. The molecule has 1 spiro atoms. The Morgan fingerprint density at radius 3 is 2.12 bits per heavy atom. The second kappa shape index (κ2) is 3.65. The molecular formula is C11H18NO5. The third kappa shape index (κ3) is 1.95. The first-order valence-electron chi connectivity index (χ1n) is 5.62. The maximum atomic E-state index is 12.3. The highest BCUT2D eigenvalue weighted by molar-refractivity contribution is 5.80. The van der Waals surface area contributed by atoms with E-state index in [1.165, 1.54) is 0 Å². The SMILES string of the molecule is CC1(C)OCC2(COC(=O)C(C)(C)N2[O])CO1. The van der Waals surface area contributed by atoms with Gasteiger partial charge in [-0.3, -0.25) is 0 Å². The first-order valence-corrected chi connectivity index (χ1v) is 5.62. The van der Waals surface area contributed by atoms with Crippen molar-refractivity contribution in [2.24, 2.45) is 0 Å². The molecule has 0 aromatic rings. The van der Waals surface area contributed by atoms with E-state index in [0.717, 1.165) is 5.06 Å². The summed E-state index contributed by atoms with van der Waals surface area (Å²) in [6.45, 7) is 7.06. The Morgan fingerprint density at radius 2 is 1.59 bits per heavy atom. The first kappa shape index (κ1) is 12.8. The minimum Gasteiger partial charge on any atom is -0.462 e. The molecule has 0 N–H and O–H groups in total. The maximum absolute atomic E-state index is 12.3. The largest absolute Gasteiger partial charge is 0.462 e. The summed E-state index contributed by atoms with van der Waals surface area (Å²) in [7, 11) is 0. The van der Waals surface area contributed by atoms with Crippen molar-refractivity contribution in [3.63, 3.8) is 0 Å². The summed E-state index contributed by atoms with van der Waals surface area (Å²) in [5, 5.41) is 13.1. The van der Waals surface area contributed by atoms with E-state index < -0.39 is 22.8 Å². The second-order valence-corrected chi connectivity index (χ2v) is 5.63. The average molecular weight is 244 g/mol. The fourth-order valence-electron chi connectivity index (χ4n) is 2.01. The van der Waals surface area contributed by atoms with E-state index in [1.807, 2.05) is 0 Å². The molecule has 6 nitrogen and oxygen atoms in total. The topological polar surface area (TPSA) is 67.9 Å². The summed E-state index contributed by atoms with van der Waals surface area (Å²) in [5.74, 6) is -1.21. The van der Waals surface area contributed by atoms with Crippen LogP contribution in [0.25, 0.3) is 0 Å². The lowest BCUT2D eigenvalue weighted by Crippen LogP contribution is -2.72. The summed E-state index contributed by atoms with van der Waals surface area (Å²) in [5.41, 5.74) is -2.13. The van der Waals surface area contributed by atoms with Crippen LogP contribution in [0.4, 0.5) is 0 Å². The molecule has 2 saturated heterocycles. The van der Waals surface area contributed by atoms with Gasteiger partial charge in [-0.1, -0.05) is 0 Å². The van der Waals surface area contributed by atoms with Gasteiger partial charge in [-0.2, -0.15) is 0 Å². The molecule has 2 aliphatic heterocycles. The molecule has 0 atom stereocenters. The summed E-state index contributed by atoms with van der Waals surface area (Å²) in [4.78, 5) is 11.5. The maximum Gasteiger partial charge on any atom is 0.328 e. The molecule has 6 heteroatoms. The van der Waals surface area contributed by atoms with Crippen molar-refractivity contribution >= 4 is 5.97 Å². The molecule has 1 radical (unpaired) electrons. The van der Waals surface area contributed by atoms with E-state index in [-0.39, 0.29) is 19.8 Å². The van der Waals surface area contributed by atoms with Crippen LogP contribution >= 0.6 is 0 Å². The third-order valence-electron chi connectivity index (χ3n) is 3.29. The van der Waals surface area contributed by atoms with Crippen LogP contribution in [0.1, 0.15) is 27.7 Å². The number of hydrogen-bond acceptors (Lipinski definition) is 5. The second-order valence-electron chi connectivity index (χ2n) is 5.63. The number of rotatable bonds is 0. The number of hydrogen-bond donors (Lipinski definition) is 0. The van der Waals surface area contributed by atoms with Gasteiger partial charge in [-0.15, -0.1) is 10.3 Å². The van der Waals surface area contributed by atoms with Gasteiger partial charge in [0.05, 0.1) is 13.2 Å². The number of carbonyl (C=O) groups excluding carboxylic acids is 1. The Kier molecular flexibility index (Phi) is 2.74. The number of hydroxylamine groups is 2. The lowest BCUT2D eigenvalue weighted by atomic mass is 9.91. The standard InChI is InChI=1S/C11H18NO5/c1-9(2)8(13)15-5-11(12(9)14)6-16-10(3,4)17-7-11/h5-7H2,1-4H3. The predicted molar refractivity (Wildman–Crippen MR) is 56.3 cm³/mol. The van der Waals surface area contributed by atoms with Crippen molar-refractivity contribution in [1.29, 1.82) is 0 Å². The number of nitrogens with zero attached hydrogens (tertiary/aromatic N) is 1. The number of carbonyl (C=O) groups is 1. The normalized spacial score (nSPS) is 31.2. The Labute approximate surface area is 100 Å². The van der Waals surface area contributed by atoms with E-state index in [9.17, 15) is 10.0 Å². The molecule has 0 aromatic heterocycles. The molecule has 0 unspecified atom stereocenters. The Balaban J connectivity index is 2.20.